The summed E-state index contributed by atoms with van der Waals surface area (Å²) in [5, 5.41) is 2.70. The van der Waals surface area contributed by atoms with Gasteiger partial charge in [-0.3, -0.25) is 4.79 Å². The number of nitrogens with one attached hydrogen (secondary N) is 1. The van der Waals surface area contributed by atoms with E-state index >= 15 is 0 Å². The Kier molecular flexibility index (Phi) is 6.24. The number of carbonyl (C=O) groups is 2. The van der Waals surface area contributed by atoms with Crippen LogP contribution in [-0.2, 0) is 24.1 Å². The third kappa shape index (κ3) is 4.82. The van der Waals surface area contributed by atoms with Gasteiger partial charge >= 0.3 is 5.97 Å². The number of methoxy groups -OCH3 is 1. The Morgan fingerprint density at radius 2 is 2.04 bits per heavy atom. The van der Waals surface area contributed by atoms with Crippen LogP contribution in [0.4, 0.5) is 0 Å². The lowest BCUT2D eigenvalue weighted by molar-refractivity contribution is -0.148. The van der Waals surface area contributed by atoms with E-state index in [0.29, 0.717) is 17.9 Å². The molecule has 0 aliphatic carbocycles. The van der Waals surface area contributed by atoms with Crippen LogP contribution < -0.4 is 10.1 Å². The largest absolute Gasteiger partial charge is 0.491 e. The summed E-state index contributed by atoms with van der Waals surface area (Å²) < 4.78 is 39.5. The summed E-state index contributed by atoms with van der Waals surface area (Å²) in [5.74, 6) is -0.935. The molecule has 0 spiro atoms. The highest BCUT2D eigenvalue weighted by atomic mass is 32.2. The molecule has 0 saturated carbocycles. The molecular formula is C19H25NO7S. The van der Waals surface area contributed by atoms with Gasteiger partial charge in [0.1, 0.15) is 17.9 Å². The van der Waals surface area contributed by atoms with Crippen molar-refractivity contribution in [1.29, 1.82) is 0 Å². The second-order valence-electron chi connectivity index (χ2n) is 7.15. The first-order chi connectivity index (χ1) is 13.3. The van der Waals surface area contributed by atoms with Gasteiger partial charge in [-0.15, -0.1) is 0 Å². The van der Waals surface area contributed by atoms with Gasteiger partial charge in [0.15, 0.2) is 9.84 Å². The summed E-state index contributed by atoms with van der Waals surface area (Å²) in [6, 6.07) is 6.64. The molecule has 2 heterocycles. The lowest BCUT2D eigenvalue weighted by Crippen LogP contribution is -2.58. The van der Waals surface area contributed by atoms with Crippen LogP contribution >= 0.6 is 0 Å². The van der Waals surface area contributed by atoms with Crippen LogP contribution in [0.25, 0.3) is 0 Å². The first kappa shape index (κ1) is 20.6. The molecule has 154 valence electrons. The van der Waals surface area contributed by atoms with E-state index in [1.807, 2.05) is 0 Å². The molecule has 0 radical (unpaired) electrons. The summed E-state index contributed by atoms with van der Waals surface area (Å²) >= 11 is 0. The number of hydrogen-bond acceptors (Lipinski definition) is 7. The Balaban J connectivity index is 1.69. The zero-order valence-corrected chi connectivity index (χ0v) is 16.6. The third-order valence-corrected chi connectivity index (χ3v) is 6.82. The molecule has 2 aliphatic rings. The van der Waals surface area contributed by atoms with Crippen molar-refractivity contribution in [3.63, 3.8) is 0 Å². The van der Waals surface area contributed by atoms with Crippen molar-refractivity contribution >= 4 is 21.7 Å². The second-order valence-corrected chi connectivity index (χ2v) is 9.46. The minimum Gasteiger partial charge on any atom is -0.491 e. The van der Waals surface area contributed by atoms with Gasteiger partial charge in [0, 0.05) is 12.2 Å². The molecule has 0 unspecified atom stereocenters. The highest BCUT2D eigenvalue weighted by molar-refractivity contribution is 7.91. The number of amides is 1. The van der Waals surface area contributed by atoms with Gasteiger partial charge in [-0.1, -0.05) is 6.07 Å². The van der Waals surface area contributed by atoms with Crippen LogP contribution in [0.3, 0.4) is 0 Å². The maximum Gasteiger partial charge on any atom is 0.331 e. The molecule has 1 N–H and O–H groups in total. The monoisotopic (exact) mass is 411 g/mol. The van der Waals surface area contributed by atoms with Crippen molar-refractivity contribution in [3.05, 3.63) is 29.8 Å². The zero-order valence-electron chi connectivity index (χ0n) is 15.8. The van der Waals surface area contributed by atoms with E-state index in [1.165, 1.54) is 7.11 Å². The first-order valence-corrected chi connectivity index (χ1v) is 11.1. The first-order valence-electron chi connectivity index (χ1n) is 9.29. The van der Waals surface area contributed by atoms with Crippen molar-refractivity contribution in [3.8, 4) is 5.75 Å². The van der Waals surface area contributed by atoms with Crippen molar-refractivity contribution < 1.29 is 32.2 Å². The predicted molar refractivity (Wildman–Crippen MR) is 101 cm³/mol. The Labute approximate surface area is 164 Å². The number of rotatable bonds is 6. The van der Waals surface area contributed by atoms with Gasteiger partial charge in [-0.25, -0.2) is 13.2 Å². The summed E-state index contributed by atoms with van der Waals surface area (Å²) in [5.41, 5.74) is -1.02. The standard InChI is InChI=1S/C19H25NO7S/c1-25-18(22)19(7-10-28(23,24)11-8-19)20-17(21)14-4-2-5-15(12-14)27-13-16-6-3-9-26-16/h2,4-5,12,16H,3,6-11,13H2,1H3,(H,20,21)/t16-/m1/s1. The summed E-state index contributed by atoms with van der Waals surface area (Å²) in [6.45, 7) is 1.15. The number of benzene rings is 1. The molecule has 2 saturated heterocycles. The number of ether oxygens (including phenoxy) is 3. The molecule has 28 heavy (non-hydrogen) atoms. The molecule has 0 bridgehead atoms. The minimum atomic E-state index is -3.21. The van der Waals surface area contributed by atoms with Crippen LogP contribution in [0.15, 0.2) is 24.3 Å². The van der Waals surface area contributed by atoms with Gasteiger partial charge in [-0.2, -0.15) is 0 Å². The van der Waals surface area contributed by atoms with Crippen LogP contribution in [0.5, 0.6) is 5.75 Å². The third-order valence-electron chi connectivity index (χ3n) is 5.16. The quantitative estimate of drug-likeness (QED) is 0.698. The Bertz CT molecular complexity index is 816. The van der Waals surface area contributed by atoms with Crippen LogP contribution in [0, 0.1) is 0 Å². The number of sulfone groups is 1. The minimum absolute atomic E-state index is 0.0110. The maximum atomic E-state index is 12.8. The fourth-order valence-corrected chi connectivity index (χ4v) is 4.97. The SMILES string of the molecule is COC(=O)C1(NC(=O)c2cccc(OC[C@H]3CCCO3)c2)CCS(=O)(=O)CC1. The number of esters is 1. The Morgan fingerprint density at radius 3 is 2.68 bits per heavy atom. The zero-order chi connectivity index (χ0) is 20.2. The molecule has 1 aromatic rings. The van der Waals surface area contributed by atoms with E-state index in [-0.39, 0.29) is 30.5 Å². The molecule has 1 amide bonds. The van der Waals surface area contributed by atoms with Gasteiger partial charge in [0.25, 0.3) is 5.91 Å². The van der Waals surface area contributed by atoms with E-state index in [1.54, 1.807) is 24.3 Å². The highest BCUT2D eigenvalue weighted by Gasteiger charge is 2.45. The molecule has 1 aromatic carbocycles. The van der Waals surface area contributed by atoms with Gasteiger partial charge in [0.05, 0.1) is 24.7 Å². The van der Waals surface area contributed by atoms with Gasteiger partial charge in [-0.05, 0) is 43.9 Å². The van der Waals surface area contributed by atoms with Crippen LogP contribution in [0.2, 0.25) is 0 Å². The van der Waals surface area contributed by atoms with Gasteiger partial charge < -0.3 is 19.5 Å². The van der Waals surface area contributed by atoms with E-state index in [2.05, 4.69) is 5.32 Å². The van der Waals surface area contributed by atoms with Crippen LogP contribution in [0.1, 0.15) is 36.0 Å². The average molecular weight is 411 g/mol. The molecule has 2 aliphatic heterocycles. The highest BCUT2D eigenvalue weighted by Crippen LogP contribution is 2.26. The topological polar surface area (TPSA) is 108 Å². The molecule has 0 aromatic heterocycles. The average Bonchev–Trinajstić information content (AvgIpc) is 3.21. The number of carbonyl (C=O) groups excluding carboxylic acids is 2. The Morgan fingerprint density at radius 1 is 1.29 bits per heavy atom. The van der Waals surface area contributed by atoms with Crippen molar-refractivity contribution in [1.82, 2.24) is 5.32 Å². The van der Waals surface area contributed by atoms with Crippen molar-refractivity contribution in [2.24, 2.45) is 0 Å². The molecule has 2 fully saturated rings. The van der Waals surface area contributed by atoms with E-state index in [9.17, 15) is 18.0 Å². The van der Waals surface area contributed by atoms with E-state index < -0.39 is 27.3 Å². The van der Waals surface area contributed by atoms with Crippen molar-refractivity contribution in [2.45, 2.75) is 37.3 Å². The summed E-state index contributed by atoms with van der Waals surface area (Å²) in [4.78, 5) is 25.1. The lowest BCUT2D eigenvalue weighted by Gasteiger charge is -2.35. The summed E-state index contributed by atoms with van der Waals surface area (Å²) in [6.07, 6.45) is 2.00. The fraction of sp³-hybridized carbons (Fsp3) is 0.579. The molecule has 1 atom stereocenters. The Hall–Kier alpha value is -2.13. The van der Waals surface area contributed by atoms with E-state index in [0.717, 1.165) is 19.4 Å². The normalized spacial score (nSPS) is 23.0. The van der Waals surface area contributed by atoms with E-state index in [4.69, 9.17) is 14.2 Å². The van der Waals surface area contributed by atoms with Gasteiger partial charge in [0.2, 0.25) is 0 Å². The van der Waals surface area contributed by atoms with Crippen LogP contribution in [-0.4, -0.2) is 63.8 Å². The molecular weight excluding hydrogens is 386 g/mol. The summed E-state index contributed by atoms with van der Waals surface area (Å²) in [7, 11) is -1.99. The molecule has 3 rings (SSSR count). The predicted octanol–water partition coefficient (Wildman–Crippen LogP) is 1.09. The molecule has 8 nitrogen and oxygen atoms in total. The second kappa shape index (κ2) is 8.48. The van der Waals surface area contributed by atoms with Crippen molar-refractivity contribution in [2.75, 3.05) is 31.8 Å². The number of hydrogen-bond donors (Lipinski definition) is 1. The lowest BCUT2D eigenvalue weighted by atomic mass is 9.91. The molecule has 9 heteroatoms. The smallest absolute Gasteiger partial charge is 0.331 e. The fourth-order valence-electron chi connectivity index (χ4n) is 3.44. The maximum absolute atomic E-state index is 12.8.